The van der Waals surface area contributed by atoms with Gasteiger partial charge in [0.15, 0.2) is 0 Å². The van der Waals surface area contributed by atoms with Gasteiger partial charge in [0.1, 0.15) is 18.1 Å². The lowest BCUT2D eigenvalue weighted by atomic mass is 9.97. The molecule has 26 heavy (non-hydrogen) atoms. The number of hydrogen-bond acceptors (Lipinski definition) is 6. The lowest BCUT2D eigenvalue weighted by molar-refractivity contribution is -0.142. The van der Waals surface area contributed by atoms with Gasteiger partial charge in [-0.3, -0.25) is 24.0 Å². The highest BCUT2D eigenvalue weighted by Gasteiger charge is 2.31. The molecule has 0 saturated carbocycles. The van der Waals surface area contributed by atoms with Gasteiger partial charge in [0, 0.05) is 0 Å². The average molecular weight is 373 g/mol. The van der Waals surface area contributed by atoms with Gasteiger partial charge in [0.05, 0.1) is 13.0 Å². The van der Waals surface area contributed by atoms with E-state index in [-0.39, 0.29) is 12.5 Å². The maximum Gasteiger partial charge on any atom is 0.325 e. The van der Waals surface area contributed by atoms with Gasteiger partial charge in [-0.15, -0.1) is 0 Å². The lowest BCUT2D eigenvalue weighted by Crippen LogP contribution is -2.58. The van der Waals surface area contributed by atoms with Crippen molar-refractivity contribution in [3.63, 3.8) is 0 Å². The van der Waals surface area contributed by atoms with Crippen molar-refractivity contribution in [1.82, 2.24) is 16.0 Å². The molecule has 0 spiro atoms. The molecule has 0 aliphatic carbocycles. The minimum absolute atomic E-state index is 0.277. The van der Waals surface area contributed by atoms with E-state index in [9.17, 15) is 24.0 Å². The summed E-state index contributed by atoms with van der Waals surface area (Å²) in [5.41, 5.74) is 10.3. The van der Waals surface area contributed by atoms with Gasteiger partial charge in [0.25, 0.3) is 0 Å². The Bertz CT molecular complexity index is 553. The summed E-state index contributed by atoms with van der Waals surface area (Å²) >= 11 is 0. The van der Waals surface area contributed by atoms with Crippen LogP contribution in [0, 0.1) is 5.92 Å². The highest BCUT2D eigenvalue weighted by atomic mass is 16.4. The van der Waals surface area contributed by atoms with E-state index in [0.29, 0.717) is 6.42 Å². The Labute approximate surface area is 151 Å². The molecule has 0 radical (unpaired) electrons. The Kier molecular flexibility index (Phi) is 9.89. The molecule has 11 nitrogen and oxygen atoms in total. The fourth-order valence-corrected chi connectivity index (χ4v) is 1.98. The minimum Gasteiger partial charge on any atom is -0.480 e. The summed E-state index contributed by atoms with van der Waals surface area (Å²) < 4.78 is 0. The molecule has 0 aromatic rings. The second-order valence-electron chi connectivity index (χ2n) is 5.93. The van der Waals surface area contributed by atoms with Gasteiger partial charge in [0.2, 0.25) is 23.6 Å². The second-order valence-corrected chi connectivity index (χ2v) is 5.93. The predicted molar refractivity (Wildman–Crippen MR) is 91.4 cm³/mol. The molecule has 0 aromatic carbocycles. The molecule has 0 heterocycles. The van der Waals surface area contributed by atoms with Crippen molar-refractivity contribution in [1.29, 1.82) is 0 Å². The van der Waals surface area contributed by atoms with Gasteiger partial charge in [-0.2, -0.15) is 0 Å². The minimum atomic E-state index is -1.37. The Balaban J connectivity index is 5.28. The number of nitrogens with two attached hydrogens (primary N) is 2. The fourth-order valence-electron chi connectivity index (χ4n) is 1.98. The zero-order chi connectivity index (χ0) is 20.4. The number of primary amides is 1. The molecule has 0 aliphatic heterocycles. The third-order valence-corrected chi connectivity index (χ3v) is 3.76. The Hall–Kier alpha value is -2.69. The van der Waals surface area contributed by atoms with Crippen LogP contribution in [0.15, 0.2) is 0 Å². The van der Waals surface area contributed by atoms with E-state index >= 15 is 0 Å². The van der Waals surface area contributed by atoms with Crippen molar-refractivity contribution >= 4 is 29.6 Å². The zero-order valence-electron chi connectivity index (χ0n) is 15.1. The van der Waals surface area contributed by atoms with E-state index in [0.717, 1.165) is 0 Å². The molecular weight excluding hydrogens is 346 g/mol. The van der Waals surface area contributed by atoms with Crippen LogP contribution >= 0.6 is 0 Å². The molecule has 4 unspecified atom stereocenters. The molecule has 4 atom stereocenters. The van der Waals surface area contributed by atoms with E-state index in [1.807, 2.05) is 6.92 Å². The summed E-state index contributed by atoms with van der Waals surface area (Å²) in [6.07, 6.45) is 0.0215. The van der Waals surface area contributed by atoms with Crippen LogP contribution in [-0.4, -0.2) is 59.4 Å². The summed E-state index contributed by atoms with van der Waals surface area (Å²) in [7, 11) is 0. The fraction of sp³-hybridized carbons (Fsp3) is 0.667. The molecule has 0 rings (SSSR count). The number of carboxylic acid groups (broad SMARTS) is 1. The number of rotatable bonds is 11. The van der Waals surface area contributed by atoms with E-state index in [4.69, 9.17) is 16.6 Å². The van der Waals surface area contributed by atoms with E-state index < -0.39 is 54.1 Å². The Morgan fingerprint density at radius 1 is 1.00 bits per heavy atom. The van der Waals surface area contributed by atoms with Crippen LogP contribution in [0.4, 0.5) is 0 Å². The third-order valence-electron chi connectivity index (χ3n) is 3.76. The Morgan fingerprint density at radius 3 is 2.00 bits per heavy atom. The summed E-state index contributed by atoms with van der Waals surface area (Å²) in [5, 5.41) is 15.8. The number of carbonyl (C=O) groups is 5. The molecule has 0 saturated heterocycles. The molecule has 11 heteroatoms. The van der Waals surface area contributed by atoms with Crippen LogP contribution in [-0.2, 0) is 24.0 Å². The van der Waals surface area contributed by atoms with Crippen LogP contribution in [0.1, 0.15) is 33.6 Å². The molecular formula is C15H27N5O6. The second kappa shape index (κ2) is 11.0. The Morgan fingerprint density at radius 2 is 1.58 bits per heavy atom. The predicted octanol–water partition coefficient (Wildman–Crippen LogP) is -2.57. The van der Waals surface area contributed by atoms with Crippen LogP contribution in [0.25, 0.3) is 0 Å². The highest BCUT2D eigenvalue weighted by molar-refractivity contribution is 5.95. The number of carboxylic acids is 1. The smallest absolute Gasteiger partial charge is 0.325 e. The SMILES string of the molecule is CCC(C)C(NC(=O)CN)C(=O)NC(CC(N)=O)C(=O)NC(C)C(=O)O. The summed E-state index contributed by atoms with van der Waals surface area (Å²) in [5.74, 6) is -4.55. The van der Waals surface area contributed by atoms with Crippen molar-refractivity contribution in [2.45, 2.75) is 51.7 Å². The first-order valence-electron chi connectivity index (χ1n) is 8.14. The normalized spacial score (nSPS) is 15.1. The number of carbonyl (C=O) groups excluding carboxylic acids is 4. The summed E-state index contributed by atoms with van der Waals surface area (Å²) in [6.45, 7) is 4.44. The van der Waals surface area contributed by atoms with Crippen LogP contribution < -0.4 is 27.4 Å². The van der Waals surface area contributed by atoms with Crippen LogP contribution in [0.5, 0.6) is 0 Å². The highest BCUT2D eigenvalue weighted by Crippen LogP contribution is 2.09. The molecule has 0 aromatic heterocycles. The van der Waals surface area contributed by atoms with Crippen LogP contribution in [0.2, 0.25) is 0 Å². The quantitative estimate of drug-likeness (QED) is 0.229. The molecule has 0 bridgehead atoms. The number of amides is 4. The van der Waals surface area contributed by atoms with Gasteiger partial charge in [-0.1, -0.05) is 20.3 Å². The van der Waals surface area contributed by atoms with Crippen molar-refractivity contribution in [3.05, 3.63) is 0 Å². The largest absolute Gasteiger partial charge is 0.480 e. The van der Waals surface area contributed by atoms with Crippen molar-refractivity contribution in [3.8, 4) is 0 Å². The first-order valence-corrected chi connectivity index (χ1v) is 8.14. The van der Waals surface area contributed by atoms with E-state index in [1.54, 1.807) is 6.92 Å². The van der Waals surface area contributed by atoms with Crippen molar-refractivity contribution < 1.29 is 29.1 Å². The number of aliphatic carboxylic acids is 1. The van der Waals surface area contributed by atoms with Gasteiger partial charge >= 0.3 is 5.97 Å². The topological polar surface area (TPSA) is 194 Å². The third kappa shape index (κ3) is 7.92. The molecule has 8 N–H and O–H groups in total. The molecule has 4 amide bonds. The van der Waals surface area contributed by atoms with E-state index in [2.05, 4.69) is 16.0 Å². The molecule has 0 aliphatic rings. The van der Waals surface area contributed by atoms with Crippen molar-refractivity contribution in [2.75, 3.05) is 6.54 Å². The standard InChI is InChI=1S/C15H27N5O6/c1-4-7(2)12(20-11(22)6-16)14(24)19-9(5-10(17)21)13(23)18-8(3)15(25)26/h7-9,12H,4-6,16H2,1-3H3,(H2,17,21)(H,18,23)(H,19,24)(H,20,22)(H,25,26). The van der Waals surface area contributed by atoms with Crippen molar-refractivity contribution in [2.24, 2.45) is 17.4 Å². The zero-order valence-corrected chi connectivity index (χ0v) is 15.1. The average Bonchev–Trinajstić information content (AvgIpc) is 2.57. The van der Waals surface area contributed by atoms with Gasteiger partial charge < -0.3 is 32.5 Å². The number of hydrogen-bond donors (Lipinski definition) is 6. The number of nitrogens with one attached hydrogen (secondary N) is 3. The maximum absolute atomic E-state index is 12.5. The first kappa shape index (κ1) is 23.3. The molecule has 148 valence electrons. The first-order chi connectivity index (χ1) is 12.0. The van der Waals surface area contributed by atoms with Gasteiger partial charge in [-0.05, 0) is 12.8 Å². The maximum atomic E-state index is 12.5. The lowest BCUT2D eigenvalue weighted by Gasteiger charge is -2.26. The monoisotopic (exact) mass is 373 g/mol. The van der Waals surface area contributed by atoms with E-state index in [1.165, 1.54) is 6.92 Å². The summed E-state index contributed by atoms with van der Waals surface area (Å²) in [4.78, 5) is 58.2. The van der Waals surface area contributed by atoms with Crippen LogP contribution in [0.3, 0.4) is 0 Å². The summed E-state index contributed by atoms with van der Waals surface area (Å²) in [6, 6.07) is -3.57. The van der Waals surface area contributed by atoms with Gasteiger partial charge in [-0.25, -0.2) is 0 Å². The molecule has 0 fully saturated rings.